The van der Waals surface area contributed by atoms with Gasteiger partial charge >= 0.3 is 0 Å². The summed E-state index contributed by atoms with van der Waals surface area (Å²) in [6, 6.07) is 0.667. The molecule has 4 heterocycles. The van der Waals surface area contributed by atoms with Crippen molar-refractivity contribution in [2.75, 3.05) is 24.5 Å². The second kappa shape index (κ2) is 7.33. The van der Waals surface area contributed by atoms with E-state index in [4.69, 9.17) is 4.98 Å². The fraction of sp³-hybridized carbons (Fsp3) is 0.800. The highest BCUT2D eigenvalue weighted by molar-refractivity contribution is 7.15. The second-order valence-electron chi connectivity index (χ2n) is 8.78. The highest BCUT2D eigenvalue weighted by Gasteiger charge is 2.40. The molecule has 3 fully saturated rings. The maximum atomic E-state index is 12.7. The van der Waals surface area contributed by atoms with Crippen molar-refractivity contribution in [3.05, 3.63) is 10.6 Å². The van der Waals surface area contributed by atoms with Gasteiger partial charge in [-0.3, -0.25) is 4.79 Å². The van der Waals surface area contributed by atoms with Crippen LogP contribution in [0.3, 0.4) is 0 Å². The number of nitrogens with one attached hydrogen (secondary N) is 1. The molecule has 2 bridgehead atoms. The number of piperazine rings is 1. The molecule has 2 N–H and O–H groups in total. The number of aromatic nitrogens is 1. The number of carbonyl (C=O) groups is 1. The van der Waals surface area contributed by atoms with Crippen molar-refractivity contribution in [3.63, 3.8) is 0 Å². The zero-order valence-corrected chi connectivity index (χ0v) is 16.7. The minimum absolute atomic E-state index is 0.184. The number of hydrogen-bond donors (Lipinski definition) is 2. The van der Waals surface area contributed by atoms with Gasteiger partial charge < -0.3 is 20.2 Å². The molecule has 0 spiro atoms. The van der Waals surface area contributed by atoms with E-state index in [1.54, 1.807) is 11.3 Å². The van der Waals surface area contributed by atoms with Gasteiger partial charge in [-0.15, -0.1) is 0 Å². The minimum atomic E-state index is -0.184. The molecule has 2 unspecified atom stereocenters. The molecule has 7 heteroatoms. The first-order chi connectivity index (χ1) is 13.2. The van der Waals surface area contributed by atoms with Gasteiger partial charge in [0.1, 0.15) is 0 Å². The maximum Gasteiger partial charge on any atom is 0.223 e. The first-order valence-electron chi connectivity index (χ1n) is 10.6. The third-order valence-corrected chi connectivity index (χ3v) is 7.96. The van der Waals surface area contributed by atoms with Gasteiger partial charge in [-0.1, -0.05) is 24.2 Å². The van der Waals surface area contributed by atoms with Crippen molar-refractivity contribution in [1.82, 2.24) is 15.2 Å². The molecule has 3 aliphatic heterocycles. The van der Waals surface area contributed by atoms with E-state index in [2.05, 4.69) is 15.1 Å². The maximum absolute atomic E-state index is 12.7. The van der Waals surface area contributed by atoms with Gasteiger partial charge in [-0.2, -0.15) is 0 Å². The fourth-order valence-corrected chi connectivity index (χ4v) is 6.70. The number of piperidine rings is 1. The van der Waals surface area contributed by atoms with Crippen molar-refractivity contribution < 1.29 is 9.90 Å². The van der Waals surface area contributed by atoms with E-state index in [9.17, 15) is 9.90 Å². The number of aliphatic hydroxyl groups is 1. The van der Waals surface area contributed by atoms with Gasteiger partial charge in [0.2, 0.25) is 5.91 Å². The second-order valence-corrected chi connectivity index (χ2v) is 9.85. The summed E-state index contributed by atoms with van der Waals surface area (Å²) in [5.41, 5.74) is 1.19. The number of carbonyl (C=O) groups excluding carboxylic acids is 1. The van der Waals surface area contributed by atoms with Gasteiger partial charge in [0.15, 0.2) is 5.13 Å². The largest absolute Gasteiger partial charge is 0.393 e. The Labute approximate surface area is 164 Å². The van der Waals surface area contributed by atoms with Crippen LogP contribution in [0.25, 0.3) is 0 Å². The number of anilines is 1. The summed E-state index contributed by atoms with van der Waals surface area (Å²) >= 11 is 1.78. The molecular formula is C20H30N4O2S. The Bertz CT molecular complexity index is 688. The summed E-state index contributed by atoms with van der Waals surface area (Å²) in [6.45, 7) is 3.39. The lowest BCUT2D eigenvalue weighted by Crippen LogP contribution is -2.62. The summed E-state index contributed by atoms with van der Waals surface area (Å²) < 4.78 is 0. The molecule has 2 atom stereocenters. The molecule has 1 aliphatic carbocycles. The summed E-state index contributed by atoms with van der Waals surface area (Å²) in [4.78, 5) is 23.5. The Hall–Kier alpha value is -1.18. The molecule has 1 aromatic heterocycles. The number of rotatable bonds is 3. The molecule has 1 saturated carbocycles. The number of hydrogen-bond acceptors (Lipinski definition) is 6. The quantitative estimate of drug-likeness (QED) is 0.825. The van der Waals surface area contributed by atoms with Crippen LogP contribution in [0.5, 0.6) is 0 Å². The Morgan fingerprint density at radius 2 is 1.96 bits per heavy atom. The summed E-state index contributed by atoms with van der Waals surface area (Å²) in [5.74, 6) is 0.951. The summed E-state index contributed by atoms with van der Waals surface area (Å²) in [5, 5.41) is 14.7. The first kappa shape index (κ1) is 17.9. The molecule has 2 saturated heterocycles. The molecule has 4 aliphatic rings. The third-order valence-electron chi connectivity index (χ3n) is 6.87. The van der Waals surface area contributed by atoms with Crippen LogP contribution in [0.2, 0.25) is 0 Å². The van der Waals surface area contributed by atoms with Gasteiger partial charge in [-0.05, 0) is 31.6 Å². The van der Waals surface area contributed by atoms with Gasteiger partial charge in [0.05, 0.1) is 18.3 Å². The zero-order valence-electron chi connectivity index (χ0n) is 15.9. The third kappa shape index (κ3) is 3.49. The van der Waals surface area contributed by atoms with E-state index in [0.717, 1.165) is 57.0 Å². The first-order valence-corrected chi connectivity index (χ1v) is 11.4. The van der Waals surface area contributed by atoms with Crippen LogP contribution in [0.4, 0.5) is 5.13 Å². The molecule has 6 nitrogen and oxygen atoms in total. The Morgan fingerprint density at radius 1 is 1.22 bits per heavy atom. The molecule has 1 aromatic rings. The number of nitrogens with zero attached hydrogens (tertiary/aromatic N) is 3. The van der Waals surface area contributed by atoms with E-state index in [1.165, 1.54) is 36.3 Å². The molecule has 5 rings (SSSR count). The van der Waals surface area contributed by atoms with Crippen LogP contribution in [0.1, 0.15) is 55.5 Å². The SMILES string of the molecule is O=C(CC1CCCC1)N1CCc2nc(N3C4CNCC3CC(O)C4)sc2C1. The number of amides is 1. The lowest BCUT2D eigenvalue weighted by molar-refractivity contribution is -0.133. The molecule has 27 heavy (non-hydrogen) atoms. The zero-order chi connectivity index (χ0) is 18.4. The predicted molar refractivity (Wildman–Crippen MR) is 106 cm³/mol. The number of fused-ring (bicyclic) bond motifs is 3. The monoisotopic (exact) mass is 390 g/mol. The van der Waals surface area contributed by atoms with E-state index >= 15 is 0 Å². The molecule has 0 radical (unpaired) electrons. The standard InChI is InChI=1S/C20H30N4O2S/c25-16-8-14-10-21-11-15(9-16)24(14)20-22-17-5-6-23(12-18(17)27-20)19(26)7-13-3-1-2-4-13/h13-16,21,25H,1-12H2. The topological polar surface area (TPSA) is 68.7 Å². The molecule has 1 amide bonds. The Morgan fingerprint density at radius 3 is 2.70 bits per heavy atom. The van der Waals surface area contributed by atoms with Gasteiger partial charge in [-0.25, -0.2) is 4.98 Å². The van der Waals surface area contributed by atoms with Crippen LogP contribution in [-0.2, 0) is 17.8 Å². The highest BCUT2D eigenvalue weighted by Crippen LogP contribution is 2.37. The summed E-state index contributed by atoms with van der Waals surface area (Å²) in [6.07, 6.45) is 8.12. The molecule has 148 valence electrons. The van der Waals surface area contributed by atoms with Gasteiger partial charge in [0.25, 0.3) is 0 Å². The summed E-state index contributed by atoms with van der Waals surface area (Å²) in [7, 11) is 0. The lowest BCUT2D eigenvalue weighted by atomic mass is 9.91. The molecular weight excluding hydrogens is 360 g/mol. The van der Waals surface area contributed by atoms with Crippen molar-refractivity contribution in [1.29, 1.82) is 0 Å². The van der Waals surface area contributed by atoms with Crippen LogP contribution in [-0.4, -0.2) is 58.7 Å². The van der Waals surface area contributed by atoms with Crippen LogP contribution >= 0.6 is 11.3 Å². The van der Waals surface area contributed by atoms with E-state index in [0.29, 0.717) is 23.9 Å². The highest BCUT2D eigenvalue weighted by atomic mass is 32.1. The van der Waals surface area contributed by atoms with Crippen molar-refractivity contribution in [3.8, 4) is 0 Å². The minimum Gasteiger partial charge on any atom is -0.393 e. The van der Waals surface area contributed by atoms with Crippen molar-refractivity contribution in [2.24, 2.45) is 5.92 Å². The van der Waals surface area contributed by atoms with E-state index in [-0.39, 0.29) is 6.10 Å². The van der Waals surface area contributed by atoms with Crippen LogP contribution in [0, 0.1) is 5.92 Å². The average molecular weight is 391 g/mol. The Kier molecular flexibility index (Phi) is 4.86. The lowest BCUT2D eigenvalue weighted by Gasteiger charge is -2.47. The van der Waals surface area contributed by atoms with Gasteiger partial charge in [0, 0.05) is 49.4 Å². The predicted octanol–water partition coefficient (Wildman–Crippen LogP) is 1.91. The van der Waals surface area contributed by atoms with Crippen molar-refractivity contribution in [2.45, 2.75) is 76.1 Å². The van der Waals surface area contributed by atoms with Crippen LogP contribution < -0.4 is 10.2 Å². The van der Waals surface area contributed by atoms with E-state index in [1.807, 2.05) is 0 Å². The Balaban J connectivity index is 1.29. The van der Waals surface area contributed by atoms with E-state index < -0.39 is 0 Å². The smallest absolute Gasteiger partial charge is 0.223 e. The molecule has 0 aromatic carbocycles. The normalized spacial score (nSPS) is 31.2. The average Bonchev–Trinajstić information content (AvgIpc) is 3.29. The fourth-order valence-electron chi connectivity index (χ4n) is 5.44. The van der Waals surface area contributed by atoms with Crippen LogP contribution in [0.15, 0.2) is 0 Å². The number of thiazole rings is 1. The van der Waals surface area contributed by atoms with Crippen molar-refractivity contribution >= 4 is 22.4 Å². The number of aliphatic hydroxyl groups excluding tert-OH is 1.